The molecule has 3 nitrogen and oxygen atoms in total. The Hall–Kier alpha value is -2.16. The number of benzene rings is 1. The molecular weight excluding hydrogens is 188 g/mol. The molecule has 74 valence electrons. The molecule has 0 bridgehead atoms. The first-order chi connectivity index (χ1) is 7.36. The lowest BCUT2D eigenvalue weighted by Gasteiger charge is -2.09. The maximum Gasteiger partial charge on any atom is 0.290 e. The van der Waals surface area contributed by atoms with Crippen molar-refractivity contribution in [2.24, 2.45) is 0 Å². The zero-order valence-electron chi connectivity index (χ0n) is 8.08. The van der Waals surface area contributed by atoms with E-state index >= 15 is 0 Å². The van der Waals surface area contributed by atoms with Crippen LogP contribution in [0, 0.1) is 0 Å². The molecule has 3 heteroatoms. The van der Waals surface area contributed by atoms with Crippen molar-refractivity contribution in [2.75, 3.05) is 0 Å². The second kappa shape index (κ2) is 4.37. The summed E-state index contributed by atoms with van der Waals surface area (Å²) in [6, 6.07) is 10.9. The topological polar surface area (TPSA) is 39.8 Å². The lowest BCUT2D eigenvalue weighted by molar-refractivity contribution is -0.573. The molecule has 0 spiro atoms. The molecule has 2 aromatic rings. The van der Waals surface area contributed by atoms with Gasteiger partial charge >= 0.3 is 0 Å². The Labute approximate surface area is 88.0 Å². The summed E-state index contributed by atoms with van der Waals surface area (Å²) in [5.74, 6) is -0.0337. The van der Waals surface area contributed by atoms with E-state index in [2.05, 4.69) is 4.98 Å². The van der Waals surface area contributed by atoms with Crippen molar-refractivity contribution in [2.45, 2.75) is 0 Å². The Morgan fingerprint density at radius 3 is 2.67 bits per heavy atom. The van der Waals surface area contributed by atoms with Gasteiger partial charge in [-0.1, -0.05) is 41.1 Å². The van der Waals surface area contributed by atoms with E-state index in [0.29, 0.717) is 5.56 Å². The molecule has 1 aromatic carbocycles. The molecule has 0 saturated heterocycles. The fraction of sp³-hybridized carbons (Fsp3) is 0. The minimum absolute atomic E-state index is 0.0337. The average Bonchev–Trinajstić information content (AvgIpc) is 2.31. The van der Waals surface area contributed by atoms with Gasteiger partial charge in [0.1, 0.15) is 6.20 Å². The van der Waals surface area contributed by atoms with Crippen LogP contribution in [-0.2, 0) is 0 Å². The molecule has 0 unspecified atom stereocenters. The molecule has 0 N–H and O–H groups in total. The van der Waals surface area contributed by atoms with Crippen molar-refractivity contribution < 1.29 is 9.67 Å². The summed E-state index contributed by atoms with van der Waals surface area (Å²) in [7, 11) is 0. The predicted molar refractivity (Wildman–Crippen MR) is 55.0 cm³/mol. The quantitative estimate of drug-likeness (QED) is 0.526. The standard InChI is InChI=1S/C12H10N2O/c15-12(11-5-2-1-3-6-11)9-14-8-4-7-13-10-14/h1-10H/b12-9-. The Balaban J connectivity index is 2.29. The molecule has 0 aliphatic heterocycles. The van der Waals surface area contributed by atoms with Gasteiger partial charge in [-0.05, 0) is 5.56 Å². The molecule has 0 aliphatic carbocycles. The summed E-state index contributed by atoms with van der Waals surface area (Å²) < 4.78 is 1.63. The first-order valence-electron chi connectivity index (χ1n) is 4.61. The minimum Gasteiger partial charge on any atom is -0.870 e. The zero-order valence-corrected chi connectivity index (χ0v) is 8.08. The summed E-state index contributed by atoms with van der Waals surface area (Å²) >= 11 is 0. The Morgan fingerprint density at radius 1 is 1.20 bits per heavy atom. The van der Waals surface area contributed by atoms with E-state index in [9.17, 15) is 5.11 Å². The van der Waals surface area contributed by atoms with Gasteiger partial charge in [0.25, 0.3) is 6.33 Å². The van der Waals surface area contributed by atoms with Crippen molar-refractivity contribution in [1.29, 1.82) is 0 Å². The average molecular weight is 198 g/mol. The van der Waals surface area contributed by atoms with E-state index in [0.717, 1.165) is 0 Å². The number of rotatable bonds is 2. The highest BCUT2D eigenvalue weighted by Gasteiger charge is 1.92. The van der Waals surface area contributed by atoms with E-state index in [1.54, 1.807) is 41.5 Å². The molecule has 1 heterocycles. The second-order valence-corrected chi connectivity index (χ2v) is 3.06. The van der Waals surface area contributed by atoms with E-state index < -0.39 is 0 Å². The minimum atomic E-state index is -0.0337. The van der Waals surface area contributed by atoms with Gasteiger partial charge in [0.05, 0.1) is 12.4 Å². The summed E-state index contributed by atoms with van der Waals surface area (Å²) in [5, 5.41) is 11.7. The highest BCUT2D eigenvalue weighted by atomic mass is 16.3. The van der Waals surface area contributed by atoms with Gasteiger partial charge < -0.3 is 5.11 Å². The molecule has 1 aromatic heterocycles. The fourth-order valence-corrected chi connectivity index (χ4v) is 1.23. The van der Waals surface area contributed by atoms with Gasteiger partial charge in [0.2, 0.25) is 0 Å². The van der Waals surface area contributed by atoms with Crippen molar-refractivity contribution >= 4 is 12.0 Å². The monoisotopic (exact) mass is 198 g/mol. The van der Waals surface area contributed by atoms with Gasteiger partial charge in [-0.3, -0.25) is 0 Å². The largest absolute Gasteiger partial charge is 0.870 e. The SMILES string of the molecule is [O-]/C(=C\[n+]1cccnc1)c1ccccc1. The van der Waals surface area contributed by atoms with Crippen LogP contribution < -0.4 is 9.67 Å². The van der Waals surface area contributed by atoms with E-state index in [1.807, 2.05) is 18.2 Å². The Kier molecular flexibility index (Phi) is 2.74. The van der Waals surface area contributed by atoms with Crippen LogP contribution in [0.1, 0.15) is 5.56 Å². The maximum absolute atomic E-state index is 11.7. The van der Waals surface area contributed by atoms with E-state index in [-0.39, 0.29) is 5.76 Å². The van der Waals surface area contributed by atoms with Gasteiger partial charge in [-0.2, -0.15) is 0 Å². The van der Waals surface area contributed by atoms with Crippen molar-refractivity contribution in [3.05, 3.63) is 60.7 Å². The van der Waals surface area contributed by atoms with Crippen LogP contribution in [0.25, 0.3) is 12.0 Å². The Bertz CT molecular complexity index is 452. The smallest absolute Gasteiger partial charge is 0.290 e. The van der Waals surface area contributed by atoms with Crippen LogP contribution in [0.5, 0.6) is 0 Å². The van der Waals surface area contributed by atoms with Crippen LogP contribution in [0.2, 0.25) is 0 Å². The number of hydrogen-bond acceptors (Lipinski definition) is 2. The predicted octanol–water partition coefficient (Wildman–Crippen LogP) is 0.685. The third-order valence-electron chi connectivity index (χ3n) is 1.95. The van der Waals surface area contributed by atoms with Gasteiger partial charge in [-0.25, -0.2) is 4.57 Å². The van der Waals surface area contributed by atoms with Crippen LogP contribution in [-0.4, -0.2) is 4.98 Å². The number of aromatic nitrogens is 2. The first-order valence-corrected chi connectivity index (χ1v) is 4.61. The fourth-order valence-electron chi connectivity index (χ4n) is 1.23. The lowest BCUT2D eigenvalue weighted by Crippen LogP contribution is -2.27. The molecule has 0 radical (unpaired) electrons. The normalized spacial score (nSPS) is 11.3. The van der Waals surface area contributed by atoms with Crippen LogP contribution in [0.4, 0.5) is 0 Å². The van der Waals surface area contributed by atoms with Gasteiger partial charge in [0.15, 0.2) is 0 Å². The lowest BCUT2D eigenvalue weighted by atomic mass is 10.2. The molecule has 0 saturated carbocycles. The number of hydrogen-bond donors (Lipinski definition) is 0. The summed E-state index contributed by atoms with van der Waals surface area (Å²) in [4.78, 5) is 3.91. The molecule has 2 rings (SSSR count). The first kappa shape index (κ1) is 9.40. The number of nitrogens with zero attached hydrogens (tertiary/aromatic N) is 2. The molecule has 15 heavy (non-hydrogen) atoms. The molecule has 0 amide bonds. The third kappa shape index (κ3) is 2.40. The van der Waals surface area contributed by atoms with Crippen molar-refractivity contribution in [1.82, 2.24) is 4.98 Å². The van der Waals surface area contributed by atoms with E-state index in [4.69, 9.17) is 0 Å². The molecule has 0 aliphatic rings. The highest BCUT2D eigenvalue weighted by molar-refractivity contribution is 5.64. The van der Waals surface area contributed by atoms with Gasteiger partial charge in [0, 0.05) is 6.07 Å². The van der Waals surface area contributed by atoms with E-state index in [1.165, 1.54) is 6.20 Å². The molecule has 0 fully saturated rings. The van der Waals surface area contributed by atoms with Crippen LogP contribution >= 0.6 is 0 Å². The zero-order chi connectivity index (χ0) is 10.5. The Morgan fingerprint density at radius 2 is 2.00 bits per heavy atom. The highest BCUT2D eigenvalue weighted by Crippen LogP contribution is 2.05. The third-order valence-corrected chi connectivity index (χ3v) is 1.95. The maximum atomic E-state index is 11.7. The van der Waals surface area contributed by atoms with Crippen molar-refractivity contribution in [3.63, 3.8) is 0 Å². The van der Waals surface area contributed by atoms with Gasteiger partial charge in [-0.15, -0.1) is 0 Å². The van der Waals surface area contributed by atoms with Crippen molar-refractivity contribution in [3.8, 4) is 0 Å². The summed E-state index contributed by atoms with van der Waals surface area (Å²) in [5.41, 5.74) is 0.675. The molecular formula is C12H10N2O. The summed E-state index contributed by atoms with van der Waals surface area (Å²) in [6.45, 7) is 0. The van der Waals surface area contributed by atoms with Crippen LogP contribution in [0.15, 0.2) is 55.1 Å². The van der Waals surface area contributed by atoms with Crippen LogP contribution in [0.3, 0.4) is 0 Å². The summed E-state index contributed by atoms with van der Waals surface area (Å²) in [6.07, 6.45) is 6.52. The molecule has 0 atom stereocenters. The second-order valence-electron chi connectivity index (χ2n) is 3.06.